The molecule has 1 heterocycles. The van der Waals surface area contributed by atoms with Gasteiger partial charge in [-0.2, -0.15) is 9.80 Å². The SMILES string of the molecule is CC(C)(C)OC(=O)N(C(=O)O)c1cc(OCc2ccccc2)cc(N(C(=O)O)C(=O)OC(C)(C)C(C(C)(C)C)C(C)(C)C)n1. The highest BCUT2D eigenvalue weighted by Crippen LogP contribution is 2.48. The van der Waals surface area contributed by atoms with Crippen molar-refractivity contribution < 1.29 is 43.6 Å². The Morgan fingerprint density at radius 3 is 1.55 bits per heavy atom. The molecule has 0 atom stereocenters. The Balaban J connectivity index is 2.67. The molecule has 0 fully saturated rings. The fourth-order valence-corrected chi connectivity index (χ4v) is 6.09. The summed E-state index contributed by atoms with van der Waals surface area (Å²) in [6.07, 6.45) is -6.04. The molecule has 0 spiro atoms. The van der Waals surface area contributed by atoms with Crippen LogP contribution in [0, 0.1) is 16.7 Å². The molecule has 2 aromatic rings. The number of amides is 4. The molecule has 2 rings (SSSR count). The fourth-order valence-electron chi connectivity index (χ4n) is 6.09. The van der Waals surface area contributed by atoms with Crippen molar-refractivity contribution in [3.8, 4) is 5.75 Å². The van der Waals surface area contributed by atoms with Gasteiger partial charge in [-0.05, 0) is 51.0 Å². The van der Waals surface area contributed by atoms with Crippen LogP contribution in [-0.4, -0.2) is 50.8 Å². The average Bonchev–Trinajstić information content (AvgIpc) is 2.79. The normalized spacial score (nSPS) is 12.4. The van der Waals surface area contributed by atoms with Gasteiger partial charge in [-0.15, -0.1) is 0 Å². The molecule has 44 heavy (non-hydrogen) atoms. The van der Waals surface area contributed by atoms with Gasteiger partial charge < -0.3 is 24.4 Å². The maximum absolute atomic E-state index is 13.6. The van der Waals surface area contributed by atoms with E-state index in [1.165, 1.54) is 0 Å². The van der Waals surface area contributed by atoms with E-state index in [2.05, 4.69) is 4.98 Å². The zero-order valence-electron chi connectivity index (χ0n) is 27.4. The van der Waals surface area contributed by atoms with Gasteiger partial charge in [0.25, 0.3) is 0 Å². The Hall–Kier alpha value is -4.35. The van der Waals surface area contributed by atoms with Crippen LogP contribution < -0.4 is 14.5 Å². The topological polar surface area (TPSA) is 156 Å². The number of pyridine rings is 1. The Morgan fingerprint density at radius 2 is 1.16 bits per heavy atom. The summed E-state index contributed by atoms with van der Waals surface area (Å²) in [6, 6.07) is 11.3. The van der Waals surface area contributed by atoms with Crippen LogP contribution in [0.2, 0.25) is 0 Å². The molecule has 2 N–H and O–H groups in total. The monoisotopic (exact) mass is 615 g/mol. The molecule has 0 saturated heterocycles. The van der Waals surface area contributed by atoms with Gasteiger partial charge in [0.2, 0.25) is 0 Å². The predicted molar refractivity (Wildman–Crippen MR) is 165 cm³/mol. The van der Waals surface area contributed by atoms with Gasteiger partial charge in [0, 0.05) is 18.1 Å². The van der Waals surface area contributed by atoms with Gasteiger partial charge in [0.15, 0.2) is 11.6 Å². The standard InChI is InChI=1S/C32H45N3O9/c1-29(2,3)24(30(4,5)6)32(10,11)44-28(41)35(26(38)39)23-18-21(42-19-20-15-13-12-14-16-20)17-22(33-23)34(25(36)37)27(40)43-31(7,8)9/h12-18,24H,19H2,1-11H3,(H,36,37)(H,38,39). The molecular formula is C32H45N3O9. The molecule has 0 unspecified atom stereocenters. The second-order valence-electron chi connectivity index (χ2n) is 14.1. The number of carbonyl (C=O) groups excluding carboxylic acids is 2. The molecule has 0 bridgehead atoms. The van der Waals surface area contributed by atoms with Crippen LogP contribution >= 0.6 is 0 Å². The number of ether oxygens (including phenoxy) is 3. The van der Waals surface area contributed by atoms with Gasteiger partial charge in [0.05, 0.1) is 0 Å². The van der Waals surface area contributed by atoms with Crippen molar-refractivity contribution in [2.45, 2.75) is 94.0 Å². The van der Waals surface area contributed by atoms with Crippen molar-refractivity contribution in [3.63, 3.8) is 0 Å². The van der Waals surface area contributed by atoms with E-state index in [1.54, 1.807) is 58.9 Å². The van der Waals surface area contributed by atoms with E-state index < -0.39 is 47.2 Å². The number of rotatable bonds is 7. The van der Waals surface area contributed by atoms with Gasteiger partial charge in [-0.3, -0.25) is 0 Å². The van der Waals surface area contributed by atoms with Gasteiger partial charge in [0.1, 0.15) is 23.6 Å². The zero-order valence-corrected chi connectivity index (χ0v) is 27.4. The third kappa shape index (κ3) is 9.58. The lowest BCUT2D eigenvalue weighted by molar-refractivity contribution is -0.0891. The van der Waals surface area contributed by atoms with E-state index in [0.717, 1.165) is 17.7 Å². The minimum absolute atomic E-state index is 0.00658. The number of imide groups is 2. The smallest absolute Gasteiger partial charge is 0.425 e. The summed E-state index contributed by atoms with van der Waals surface area (Å²) in [7, 11) is 0. The average molecular weight is 616 g/mol. The molecule has 0 aliphatic rings. The van der Waals surface area contributed by atoms with Crippen molar-refractivity contribution in [2.75, 3.05) is 9.80 Å². The Labute approximate surface area is 258 Å². The first-order chi connectivity index (χ1) is 19.9. The summed E-state index contributed by atoms with van der Waals surface area (Å²) in [6.45, 7) is 20.1. The van der Waals surface area contributed by atoms with Crippen LogP contribution in [0.1, 0.15) is 81.7 Å². The van der Waals surface area contributed by atoms with E-state index in [1.807, 2.05) is 47.6 Å². The number of aromatic nitrogens is 1. The van der Waals surface area contributed by atoms with Crippen LogP contribution in [-0.2, 0) is 16.1 Å². The largest absolute Gasteiger partial charge is 0.489 e. The van der Waals surface area contributed by atoms with E-state index in [4.69, 9.17) is 14.2 Å². The van der Waals surface area contributed by atoms with Crippen molar-refractivity contribution >= 4 is 36.0 Å². The first-order valence-electron chi connectivity index (χ1n) is 14.1. The molecule has 1 aromatic heterocycles. The fraction of sp³-hybridized carbons (Fsp3) is 0.531. The third-order valence-corrected chi connectivity index (χ3v) is 6.40. The summed E-state index contributed by atoms with van der Waals surface area (Å²) in [5.41, 5.74) is -2.16. The minimum Gasteiger partial charge on any atom is -0.489 e. The third-order valence-electron chi connectivity index (χ3n) is 6.40. The highest BCUT2D eigenvalue weighted by molar-refractivity contribution is 6.10. The van der Waals surface area contributed by atoms with Crippen LogP contribution in [0.4, 0.5) is 30.8 Å². The summed E-state index contributed by atoms with van der Waals surface area (Å²) >= 11 is 0. The van der Waals surface area contributed by atoms with Crippen molar-refractivity contribution in [1.82, 2.24) is 4.98 Å². The van der Waals surface area contributed by atoms with Crippen molar-refractivity contribution in [1.29, 1.82) is 0 Å². The molecule has 4 amide bonds. The minimum atomic E-state index is -1.75. The second kappa shape index (κ2) is 13.1. The predicted octanol–water partition coefficient (Wildman–Crippen LogP) is 8.19. The molecule has 0 radical (unpaired) electrons. The van der Waals surface area contributed by atoms with E-state index >= 15 is 0 Å². The molecule has 0 aliphatic carbocycles. The lowest BCUT2D eigenvalue weighted by Gasteiger charge is -2.49. The van der Waals surface area contributed by atoms with E-state index in [-0.39, 0.29) is 38.9 Å². The van der Waals surface area contributed by atoms with E-state index in [0.29, 0.717) is 0 Å². The molecule has 12 heteroatoms. The Kier molecular flexibility index (Phi) is 10.7. The maximum Gasteiger partial charge on any atom is 0.425 e. The second-order valence-corrected chi connectivity index (χ2v) is 14.1. The Bertz CT molecular complexity index is 1340. The number of carboxylic acid groups (broad SMARTS) is 2. The van der Waals surface area contributed by atoms with Crippen LogP contribution in [0.5, 0.6) is 5.75 Å². The maximum atomic E-state index is 13.6. The van der Waals surface area contributed by atoms with Gasteiger partial charge >= 0.3 is 24.4 Å². The summed E-state index contributed by atoms with van der Waals surface area (Å²) in [5, 5.41) is 20.1. The van der Waals surface area contributed by atoms with Crippen LogP contribution in [0.15, 0.2) is 42.5 Å². The lowest BCUT2D eigenvalue weighted by atomic mass is 9.60. The number of nitrogens with zero attached hydrogens (tertiary/aromatic N) is 3. The summed E-state index contributed by atoms with van der Waals surface area (Å²) in [5.74, 6) is -1.39. The number of benzene rings is 1. The number of carbonyl (C=O) groups is 4. The quantitative estimate of drug-likeness (QED) is 0.311. The molecular weight excluding hydrogens is 570 g/mol. The molecule has 0 saturated carbocycles. The van der Waals surface area contributed by atoms with Crippen molar-refractivity contribution in [3.05, 3.63) is 48.0 Å². The first kappa shape index (κ1) is 35.8. The van der Waals surface area contributed by atoms with Crippen molar-refractivity contribution in [2.24, 2.45) is 16.7 Å². The highest BCUT2D eigenvalue weighted by atomic mass is 16.6. The van der Waals surface area contributed by atoms with E-state index in [9.17, 15) is 29.4 Å². The molecule has 12 nitrogen and oxygen atoms in total. The highest BCUT2D eigenvalue weighted by Gasteiger charge is 2.48. The summed E-state index contributed by atoms with van der Waals surface area (Å²) in [4.78, 5) is 55.8. The van der Waals surface area contributed by atoms with Crippen LogP contribution in [0.3, 0.4) is 0 Å². The Morgan fingerprint density at radius 1 is 0.727 bits per heavy atom. The summed E-state index contributed by atoms with van der Waals surface area (Å²) < 4.78 is 16.9. The number of hydrogen-bond donors (Lipinski definition) is 2. The van der Waals surface area contributed by atoms with Gasteiger partial charge in [-0.25, -0.2) is 24.2 Å². The number of anilines is 2. The van der Waals surface area contributed by atoms with Crippen LogP contribution in [0.25, 0.3) is 0 Å². The molecule has 0 aliphatic heterocycles. The zero-order chi connectivity index (χ0) is 33.8. The first-order valence-corrected chi connectivity index (χ1v) is 14.1. The number of hydrogen-bond acceptors (Lipinski definition) is 8. The van der Waals surface area contributed by atoms with Gasteiger partial charge in [-0.1, -0.05) is 71.9 Å². The lowest BCUT2D eigenvalue weighted by Crippen LogP contribution is -2.52. The molecule has 1 aromatic carbocycles. The molecule has 242 valence electrons.